The first-order valence-electron chi connectivity index (χ1n) is 7.60. The third kappa shape index (κ3) is 3.04. The molecular formula is C15H21ClN4O2. The Morgan fingerprint density at radius 2 is 2.09 bits per heavy atom. The van der Waals surface area contributed by atoms with Crippen LogP contribution in [0.3, 0.4) is 0 Å². The van der Waals surface area contributed by atoms with E-state index in [4.69, 9.17) is 8.94 Å². The molecule has 0 saturated carbocycles. The van der Waals surface area contributed by atoms with Crippen molar-refractivity contribution in [2.75, 3.05) is 7.05 Å². The van der Waals surface area contributed by atoms with Crippen LogP contribution >= 0.6 is 12.4 Å². The molecule has 2 unspecified atom stereocenters. The maximum Gasteiger partial charge on any atom is 0.241 e. The van der Waals surface area contributed by atoms with Gasteiger partial charge in [0.25, 0.3) is 0 Å². The second-order valence-corrected chi connectivity index (χ2v) is 6.17. The first kappa shape index (κ1) is 15.5. The molecule has 7 heteroatoms. The molecule has 6 nitrogen and oxygen atoms in total. The first-order valence-corrected chi connectivity index (χ1v) is 7.60. The molecule has 4 rings (SSSR count). The lowest BCUT2D eigenvalue weighted by Crippen LogP contribution is -2.46. The number of rotatable bonds is 4. The number of nitrogens with one attached hydrogen (secondary N) is 1. The lowest BCUT2D eigenvalue weighted by atomic mass is 9.98. The van der Waals surface area contributed by atoms with E-state index in [0.717, 1.165) is 0 Å². The molecule has 2 bridgehead atoms. The minimum absolute atomic E-state index is 0. The van der Waals surface area contributed by atoms with Crippen LogP contribution in [-0.2, 0) is 6.54 Å². The van der Waals surface area contributed by atoms with E-state index >= 15 is 0 Å². The molecule has 2 aromatic heterocycles. The average Bonchev–Trinajstić information content (AvgIpc) is 3.20. The van der Waals surface area contributed by atoms with E-state index < -0.39 is 0 Å². The number of halogens is 1. The van der Waals surface area contributed by atoms with Crippen LogP contribution in [0.1, 0.15) is 31.6 Å². The molecule has 4 heterocycles. The van der Waals surface area contributed by atoms with Crippen molar-refractivity contribution >= 4 is 12.4 Å². The summed E-state index contributed by atoms with van der Waals surface area (Å²) in [6.07, 6.45) is 6.68. The molecule has 2 aliphatic rings. The fourth-order valence-corrected chi connectivity index (χ4v) is 3.55. The van der Waals surface area contributed by atoms with Crippen molar-refractivity contribution < 1.29 is 8.94 Å². The van der Waals surface area contributed by atoms with Gasteiger partial charge in [-0.3, -0.25) is 4.90 Å². The highest BCUT2D eigenvalue weighted by Crippen LogP contribution is 2.29. The van der Waals surface area contributed by atoms with Crippen LogP contribution in [0.2, 0.25) is 0 Å². The summed E-state index contributed by atoms with van der Waals surface area (Å²) in [6, 6.07) is 5.64. The molecular weight excluding hydrogens is 304 g/mol. The standard InChI is InChI=1S/C15H20N4O2.ClH/c1-19(12-7-10-4-5-11(8-12)16-10)9-14-17-15(18-21-14)13-3-2-6-20-13;/h2-3,6,10-12,16H,4-5,7-9H2,1H3;1H. The Hall–Kier alpha value is -1.37. The molecule has 120 valence electrons. The van der Waals surface area contributed by atoms with Crippen molar-refractivity contribution in [2.24, 2.45) is 0 Å². The minimum Gasteiger partial charge on any atom is -0.461 e. The first-order chi connectivity index (χ1) is 10.3. The molecule has 0 spiro atoms. The number of hydrogen-bond acceptors (Lipinski definition) is 6. The molecule has 1 N–H and O–H groups in total. The Morgan fingerprint density at radius 3 is 2.77 bits per heavy atom. The summed E-state index contributed by atoms with van der Waals surface area (Å²) in [7, 11) is 2.15. The summed E-state index contributed by atoms with van der Waals surface area (Å²) in [5, 5.41) is 7.65. The lowest BCUT2D eigenvalue weighted by molar-refractivity contribution is 0.150. The quantitative estimate of drug-likeness (QED) is 0.932. The predicted octanol–water partition coefficient (Wildman–Crippen LogP) is 2.47. The Morgan fingerprint density at radius 1 is 1.32 bits per heavy atom. The third-order valence-electron chi connectivity index (χ3n) is 4.67. The predicted molar refractivity (Wildman–Crippen MR) is 83.7 cm³/mol. The largest absolute Gasteiger partial charge is 0.461 e. The van der Waals surface area contributed by atoms with Crippen molar-refractivity contribution in [1.82, 2.24) is 20.4 Å². The van der Waals surface area contributed by atoms with Crippen LogP contribution in [0.25, 0.3) is 11.6 Å². The third-order valence-corrected chi connectivity index (χ3v) is 4.67. The van der Waals surface area contributed by atoms with Crippen LogP contribution in [0.4, 0.5) is 0 Å². The second-order valence-electron chi connectivity index (χ2n) is 6.17. The lowest BCUT2D eigenvalue weighted by Gasteiger charge is -2.34. The molecule has 2 aliphatic heterocycles. The van der Waals surface area contributed by atoms with E-state index in [1.54, 1.807) is 6.26 Å². The summed E-state index contributed by atoms with van der Waals surface area (Å²) < 4.78 is 10.6. The number of furan rings is 1. The normalized spacial score (nSPS) is 27.1. The highest BCUT2D eigenvalue weighted by atomic mass is 35.5. The molecule has 2 fully saturated rings. The summed E-state index contributed by atoms with van der Waals surface area (Å²) >= 11 is 0. The van der Waals surface area contributed by atoms with E-state index in [0.29, 0.717) is 42.1 Å². The van der Waals surface area contributed by atoms with Crippen molar-refractivity contribution in [3.05, 3.63) is 24.3 Å². The van der Waals surface area contributed by atoms with Gasteiger partial charge in [0.15, 0.2) is 5.76 Å². The molecule has 0 radical (unpaired) electrons. The van der Waals surface area contributed by atoms with Crippen molar-refractivity contribution in [3.8, 4) is 11.6 Å². The highest BCUT2D eigenvalue weighted by Gasteiger charge is 2.35. The van der Waals surface area contributed by atoms with Crippen LogP contribution < -0.4 is 5.32 Å². The van der Waals surface area contributed by atoms with Crippen LogP contribution in [-0.4, -0.2) is 40.2 Å². The smallest absolute Gasteiger partial charge is 0.241 e. The number of fused-ring (bicyclic) bond motifs is 2. The van der Waals surface area contributed by atoms with Gasteiger partial charge in [-0.2, -0.15) is 4.98 Å². The summed E-state index contributed by atoms with van der Waals surface area (Å²) in [4.78, 5) is 6.75. The number of nitrogens with zero attached hydrogens (tertiary/aromatic N) is 3. The molecule has 2 atom stereocenters. The van der Waals surface area contributed by atoms with Gasteiger partial charge in [-0.1, -0.05) is 5.16 Å². The highest BCUT2D eigenvalue weighted by molar-refractivity contribution is 5.85. The number of hydrogen-bond donors (Lipinski definition) is 1. The van der Waals surface area contributed by atoms with Gasteiger partial charge in [0.2, 0.25) is 11.7 Å². The zero-order valence-electron chi connectivity index (χ0n) is 12.6. The van der Waals surface area contributed by atoms with Crippen molar-refractivity contribution in [3.63, 3.8) is 0 Å². The zero-order valence-corrected chi connectivity index (χ0v) is 13.4. The van der Waals surface area contributed by atoms with Crippen LogP contribution in [0.15, 0.2) is 27.3 Å². The van der Waals surface area contributed by atoms with E-state index in [1.165, 1.54) is 25.7 Å². The Bertz CT molecular complexity index is 588. The Labute approximate surface area is 135 Å². The van der Waals surface area contributed by atoms with Crippen molar-refractivity contribution in [2.45, 2.75) is 50.4 Å². The van der Waals surface area contributed by atoms with Gasteiger partial charge in [-0.25, -0.2) is 0 Å². The van der Waals surface area contributed by atoms with Crippen LogP contribution in [0.5, 0.6) is 0 Å². The van der Waals surface area contributed by atoms with Gasteiger partial charge in [0.05, 0.1) is 12.8 Å². The van der Waals surface area contributed by atoms with Gasteiger partial charge in [0.1, 0.15) is 0 Å². The minimum atomic E-state index is 0. The fourth-order valence-electron chi connectivity index (χ4n) is 3.55. The Kier molecular flexibility index (Phi) is 4.52. The SMILES string of the molecule is CN(Cc1nc(-c2ccco2)no1)C1CC2CCC(C1)N2.Cl. The maximum atomic E-state index is 5.34. The molecule has 22 heavy (non-hydrogen) atoms. The van der Waals surface area contributed by atoms with E-state index in [2.05, 4.69) is 27.4 Å². The van der Waals surface area contributed by atoms with Gasteiger partial charge in [-0.15, -0.1) is 12.4 Å². The van der Waals surface area contributed by atoms with Gasteiger partial charge < -0.3 is 14.3 Å². The Balaban J connectivity index is 0.00000144. The van der Waals surface area contributed by atoms with E-state index in [9.17, 15) is 0 Å². The fraction of sp³-hybridized carbons (Fsp3) is 0.600. The number of aromatic nitrogens is 2. The van der Waals surface area contributed by atoms with E-state index in [1.807, 2.05) is 12.1 Å². The zero-order chi connectivity index (χ0) is 14.2. The molecule has 2 aromatic rings. The average molecular weight is 325 g/mol. The maximum absolute atomic E-state index is 5.34. The number of piperidine rings is 1. The summed E-state index contributed by atoms with van der Waals surface area (Å²) in [5.41, 5.74) is 0. The molecule has 0 aliphatic carbocycles. The monoisotopic (exact) mass is 324 g/mol. The topological polar surface area (TPSA) is 67.3 Å². The molecule has 0 amide bonds. The second kappa shape index (κ2) is 6.40. The van der Waals surface area contributed by atoms with Gasteiger partial charge >= 0.3 is 0 Å². The molecule has 2 saturated heterocycles. The summed E-state index contributed by atoms with van der Waals surface area (Å²) in [5.74, 6) is 1.82. The van der Waals surface area contributed by atoms with E-state index in [-0.39, 0.29) is 12.4 Å². The van der Waals surface area contributed by atoms with Gasteiger partial charge in [0, 0.05) is 18.1 Å². The van der Waals surface area contributed by atoms with Crippen LogP contribution in [0, 0.1) is 0 Å². The van der Waals surface area contributed by atoms with Gasteiger partial charge in [-0.05, 0) is 44.9 Å². The molecule has 0 aromatic carbocycles. The summed E-state index contributed by atoms with van der Waals surface area (Å²) in [6.45, 7) is 0.692. The van der Waals surface area contributed by atoms with Crippen molar-refractivity contribution in [1.29, 1.82) is 0 Å².